The van der Waals surface area contributed by atoms with Crippen LogP contribution in [0.4, 0.5) is 0 Å². The summed E-state index contributed by atoms with van der Waals surface area (Å²) in [6.45, 7) is 0. The van der Waals surface area contributed by atoms with Crippen molar-refractivity contribution in [3.05, 3.63) is 75.3 Å². The molecule has 7 nitrogen and oxygen atoms in total. The molecule has 2 N–H and O–H groups in total. The minimum atomic E-state index is -0.216. The van der Waals surface area contributed by atoms with E-state index in [1.165, 1.54) is 12.1 Å². The van der Waals surface area contributed by atoms with Crippen LogP contribution in [0.2, 0.25) is 0 Å². The molecule has 2 aromatic carbocycles. The lowest BCUT2D eigenvalue weighted by atomic mass is 10.0. The molecule has 0 saturated heterocycles. The predicted molar refractivity (Wildman–Crippen MR) is 112 cm³/mol. The standard InChI is InChI=1S/C22H14N4O3/c1-26-21-15(10-23-26)18(14-8-11-4-2-3-5-16(11)24-22(14)28)20-19(25-21)13-7-6-12(27)9-17(13)29-20/h2-10,23H,1H3,(H,24,28). The minimum Gasteiger partial charge on any atom is -0.454 e. The molecule has 0 bridgehead atoms. The quantitative estimate of drug-likeness (QED) is 0.453. The fourth-order valence-electron chi connectivity index (χ4n) is 3.96. The number of H-pyrrole nitrogens is 2. The number of hydrogen-bond acceptors (Lipinski definition) is 4. The number of aryl methyl sites for hydroxylation is 1. The van der Waals surface area contributed by atoms with Gasteiger partial charge < -0.3 is 14.5 Å². The summed E-state index contributed by atoms with van der Waals surface area (Å²) in [6, 6.07) is 14.1. The van der Waals surface area contributed by atoms with Crippen molar-refractivity contribution in [3.8, 4) is 11.1 Å². The Morgan fingerprint density at radius 2 is 1.90 bits per heavy atom. The number of rotatable bonds is 1. The van der Waals surface area contributed by atoms with Gasteiger partial charge in [0, 0.05) is 41.2 Å². The number of fused-ring (bicyclic) bond motifs is 5. The van der Waals surface area contributed by atoms with Crippen molar-refractivity contribution in [2.24, 2.45) is 7.05 Å². The molecule has 0 spiro atoms. The smallest absolute Gasteiger partial charge is 0.256 e. The summed E-state index contributed by atoms with van der Waals surface area (Å²) in [6.07, 6.45) is 1.80. The number of aromatic amines is 2. The van der Waals surface area contributed by atoms with Gasteiger partial charge in [-0.25, -0.2) is 4.98 Å². The second kappa shape index (κ2) is 5.45. The molecular weight excluding hydrogens is 368 g/mol. The molecule has 0 fully saturated rings. The molecule has 0 radical (unpaired) electrons. The second-order valence-electron chi connectivity index (χ2n) is 7.09. The Labute approximate surface area is 162 Å². The Balaban J connectivity index is 1.86. The minimum absolute atomic E-state index is 0.139. The number of benzene rings is 2. The molecule has 29 heavy (non-hydrogen) atoms. The predicted octanol–water partition coefficient (Wildman–Crippen LogP) is 3.67. The lowest BCUT2D eigenvalue weighted by Crippen LogP contribution is -2.09. The lowest BCUT2D eigenvalue weighted by Gasteiger charge is -2.06. The van der Waals surface area contributed by atoms with E-state index in [0.29, 0.717) is 33.5 Å². The van der Waals surface area contributed by atoms with E-state index in [-0.39, 0.29) is 11.0 Å². The van der Waals surface area contributed by atoms with E-state index in [2.05, 4.69) is 10.1 Å². The van der Waals surface area contributed by atoms with Gasteiger partial charge in [-0.1, -0.05) is 18.2 Å². The number of para-hydroxylation sites is 1. The molecule has 7 heteroatoms. The third kappa shape index (κ3) is 2.15. The van der Waals surface area contributed by atoms with Gasteiger partial charge in [0.05, 0.1) is 5.56 Å². The molecule has 140 valence electrons. The molecule has 0 saturated carbocycles. The Morgan fingerprint density at radius 1 is 1.03 bits per heavy atom. The highest BCUT2D eigenvalue weighted by molar-refractivity contribution is 6.14. The molecule has 0 unspecified atom stereocenters. The van der Waals surface area contributed by atoms with Gasteiger partial charge in [0.2, 0.25) is 0 Å². The average Bonchev–Trinajstić information content (AvgIpc) is 3.26. The molecule has 6 aromatic rings. The summed E-state index contributed by atoms with van der Waals surface area (Å²) >= 11 is 0. The van der Waals surface area contributed by atoms with E-state index in [9.17, 15) is 9.59 Å². The van der Waals surface area contributed by atoms with Gasteiger partial charge in [-0.2, -0.15) is 0 Å². The molecule has 4 aromatic heterocycles. The van der Waals surface area contributed by atoms with E-state index in [0.717, 1.165) is 21.7 Å². The van der Waals surface area contributed by atoms with Gasteiger partial charge >= 0.3 is 0 Å². The number of furan rings is 1. The van der Waals surface area contributed by atoms with Crippen LogP contribution in [0.15, 0.2) is 68.7 Å². The first kappa shape index (κ1) is 15.9. The van der Waals surface area contributed by atoms with Crippen LogP contribution in [0.25, 0.3) is 55.1 Å². The molecular formula is C22H14N4O3. The zero-order valence-electron chi connectivity index (χ0n) is 15.3. The van der Waals surface area contributed by atoms with E-state index in [1.54, 1.807) is 16.9 Å². The zero-order valence-corrected chi connectivity index (χ0v) is 15.3. The third-order valence-corrected chi connectivity index (χ3v) is 5.33. The van der Waals surface area contributed by atoms with Crippen LogP contribution in [0.3, 0.4) is 0 Å². The number of nitrogens with zero attached hydrogens (tertiary/aromatic N) is 2. The monoisotopic (exact) mass is 382 g/mol. The van der Waals surface area contributed by atoms with Gasteiger partial charge in [-0.3, -0.25) is 14.3 Å². The number of pyridine rings is 2. The molecule has 0 aliphatic heterocycles. The van der Waals surface area contributed by atoms with Crippen molar-refractivity contribution < 1.29 is 4.42 Å². The highest BCUT2D eigenvalue weighted by atomic mass is 16.3. The Bertz CT molecular complexity index is 1720. The second-order valence-corrected chi connectivity index (χ2v) is 7.09. The average molecular weight is 382 g/mol. The van der Waals surface area contributed by atoms with Crippen molar-refractivity contribution in [3.63, 3.8) is 0 Å². The Kier molecular flexibility index (Phi) is 2.98. The van der Waals surface area contributed by atoms with Gasteiger partial charge in [0.1, 0.15) is 11.1 Å². The molecule has 4 heterocycles. The van der Waals surface area contributed by atoms with E-state index >= 15 is 0 Å². The van der Waals surface area contributed by atoms with Gasteiger partial charge in [0.25, 0.3) is 5.56 Å². The van der Waals surface area contributed by atoms with Gasteiger partial charge in [-0.15, -0.1) is 0 Å². The largest absolute Gasteiger partial charge is 0.454 e. The van der Waals surface area contributed by atoms with Crippen LogP contribution in [0.1, 0.15) is 0 Å². The normalized spacial score (nSPS) is 11.9. The fraction of sp³-hybridized carbons (Fsp3) is 0.0455. The van der Waals surface area contributed by atoms with Gasteiger partial charge in [-0.05, 0) is 29.7 Å². The highest BCUT2D eigenvalue weighted by Gasteiger charge is 2.21. The number of hydrogen-bond donors (Lipinski definition) is 2. The summed E-state index contributed by atoms with van der Waals surface area (Å²) in [4.78, 5) is 32.5. The van der Waals surface area contributed by atoms with E-state index < -0.39 is 0 Å². The van der Waals surface area contributed by atoms with Crippen LogP contribution in [-0.2, 0) is 7.05 Å². The van der Waals surface area contributed by atoms with Crippen LogP contribution in [0, 0.1) is 0 Å². The molecule has 0 aliphatic rings. The third-order valence-electron chi connectivity index (χ3n) is 5.33. The molecule has 6 rings (SSSR count). The topological polar surface area (TPSA) is 96.7 Å². The van der Waals surface area contributed by atoms with Crippen LogP contribution in [-0.4, -0.2) is 19.7 Å². The zero-order chi connectivity index (χ0) is 19.7. The maximum absolute atomic E-state index is 13.0. The first-order chi connectivity index (χ1) is 14.1. The summed E-state index contributed by atoms with van der Waals surface area (Å²) < 4.78 is 7.85. The Hall–Kier alpha value is -4.13. The lowest BCUT2D eigenvalue weighted by molar-refractivity contribution is 0.669. The van der Waals surface area contributed by atoms with E-state index in [1.807, 2.05) is 37.4 Å². The van der Waals surface area contributed by atoms with Crippen molar-refractivity contribution >= 4 is 44.0 Å². The summed E-state index contributed by atoms with van der Waals surface area (Å²) in [5.74, 6) is 0. The van der Waals surface area contributed by atoms with Crippen LogP contribution < -0.4 is 11.0 Å². The van der Waals surface area contributed by atoms with Crippen LogP contribution >= 0.6 is 0 Å². The fourth-order valence-corrected chi connectivity index (χ4v) is 3.96. The van der Waals surface area contributed by atoms with E-state index in [4.69, 9.17) is 9.40 Å². The van der Waals surface area contributed by atoms with Crippen molar-refractivity contribution in [1.82, 2.24) is 19.7 Å². The van der Waals surface area contributed by atoms with Crippen molar-refractivity contribution in [2.75, 3.05) is 0 Å². The number of nitrogens with one attached hydrogen (secondary N) is 2. The first-order valence-corrected chi connectivity index (χ1v) is 9.13. The summed E-state index contributed by atoms with van der Waals surface area (Å²) in [5.41, 5.74) is 3.80. The molecule has 0 aliphatic carbocycles. The summed E-state index contributed by atoms with van der Waals surface area (Å²) in [5, 5.41) is 5.53. The Morgan fingerprint density at radius 3 is 2.79 bits per heavy atom. The SMILES string of the molecule is Cn1[nH]cc2c(-c3cc4ccccc4[nH]c3=O)c3oc4cc(=O)ccc4c3nc21. The molecule has 0 atom stereocenters. The van der Waals surface area contributed by atoms with Crippen molar-refractivity contribution in [2.45, 2.75) is 0 Å². The van der Waals surface area contributed by atoms with Crippen molar-refractivity contribution in [1.29, 1.82) is 0 Å². The highest BCUT2D eigenvalue weighted by Crippen LogP contribution is 2.38. The molecule has 0 amide bonds. The summed E-state index contributed by atoms with van der Waals surface area (Å²) in [7, 11) is 1.85. The first-order valence-electron chi connectivity index (χ1n) is 9.13. The van der Waals surface area contributed by atoms with Crippen LogP contribution in [0.5, 0.6) is 0 Å². The number of aromatic nitrogens is 4. The maximum atomic E-state index is 13.0. The maximum Gasteiger partial charge on any atom is 0.256 e. The van der Waals surface area contributed by atoms with Gasteiger partial charge in [0.15, 0.2) is 16.7 Å².